The van der Waals surface area contributed by atoms with Crippen LogP contribution in [0.2, 0.25) is 0 Å². The Labute approximate surface area is 124 Å². The van der Waals surface area contributed by atoms with Gasteiger partial charge in [-0.05, 0) is 64.7 Å². The zero-order chi connectivity index (χ0) is 13.7. The maximum atomic E-state index is 3.95. The summed E-state index contributed by atoms with van der Waals surface area (Å²) in [5.74, 6) is 0. The summed E-state index contributed by atoms with van der Waals surface area (Å²) in [4.78, 5) is 2.86. The van der Waals surface area contributed by atoms with Crippen molar-refractivity contribution in [3.8, 4) is 0 Å². The fourth-order valence-corrected chi connectivity index (χ4v) is 4.54. The molecule has 3 fully saturated rings. The predicted molar refractivity (Wildman–Crippen MR) is 85.1 cm³/mol. The van der Waals surface area contributed by atoms with E-state index < -0.39 is 0 Å². The molecule has 0 atom stereocenters. The largest absolute Gasteiger partial charge is 0.317 e. The van der Waals surface area contributed by atoms with Gasteiger partial charge in [0.15, 0.2) is 0 Å². The van der Waals surface area contributed by atoms with Crippen molar-refractivity contribution in [1.29, 1.82) is 0 Å². The molecule has 0 aromatic heterocycles. The van der Waals surface area contributed by atoms with Crippen LogP contribution in [-0.4, -0.2) is 49.2 Å². The van der Waals surface area contributed by atoms with Gasteiger partial charge < -0.3 is 10.6 Å². The van der Waals surface area contributed by atoms with E-state index in [2.05, 4.69) is 15.5 Å². The number of piperidine rings is 2. The zero-order valence-corrected chi connectivity index (χ0v) is 13.1. The molecule has 1 saturated carbocycles. The second kappa shape index (κ2) is 7.24. The molecule has 0 aromatic carbocycles. The first-order chi connectivity index (χ1) is 9.89. The van der Waals surface area contributed by atoms with Gasteiger partial charge in [-0.1, -0.05) is 25.7 Å². The van der Waals surface area contributed by atoms with E-state index in [1.165, 1.54) is 96.9 Å². The molecule has 2 heterocycles. The van der Waals surface area contributed by atoms with Crippen LogP contribution >= 0.6 is 0 Å². The molecule has 2 N–H and O–H groups in total. The highest BCUT2D eigenvalue weighted by Crippen LogP contribution is 2.35. The normalized spacial score (nSPS) is 29.4. The van der Waals surface area contributed by atoms with Crippen LogP contribution in [0.15, 0.2) is 0 Å². The Morgan fingerprint density at radius 1 is 0.900 bits per heavy atom. The summed E-state index contributed by atoms with van der Waals surface area (Å²) in [6, 6.07) is 0.764. The van der Waals surface area contributed by atoms with E-state index in [1.807, 2.05) is 0 Å². The lowest BCUT2D eigenvalue weighted by molar-refractivity contribution is 0.0306. The third kappa shape index (κ3) is 3.55. The topological polar surface area (TPSA) is 27.3 Å². The minimum atomic E-state index is 0.504. The van der Waals surface area contributed by atoms with E-state index in [4.69, 9.17) is 0 Å². The SMILES string of the molecule is C1CCN(C2(CNC3CCNCC3)CCCCC2)CC1. The standard InChI is InChI=1S/C17H33N3/c1-3-9-17(10-4-1,20-13-5-2-6-14-20)15-19-16-7-11-18-12-8-16/h16,18-19H,1-15H2. The minimum Gasteiger partial charge on any atom is -0.317 e. The highest BCUT2D eigenvalue weighted by molar-refractivity contribution is 4.97. The molecule has 3 heteroatoms. The van der Waals surface area contributed by atoms with Crippen LogP contribution in [-0.2, 0) is 0 Å². The number of hydrogen-bond donors (Lipinski definition) is 2. The van der Waals surface area contributed by atoms with Gasteiger partial charge in [-0.3, -0.25) is 4.90 Å². The van der Waals surface area contributed by atoms with Crippen molar-refractivity contribution in [1.82, 2.24) is 15.5 Å². The molecule has 0 spiro atoms. The van der Waals surface area contributed by atoms with Crippen molar-refractivity contribution >= 4 is 0 Å². The van der Waals surface area contributed by atoms with Gasteiger partial charge in [0, 0.05) is 18.1 Å². The van der Waals surface area contributed by atoms with Gasteiger partial charge in [-0.25, -0.2) is 0 Å². The Balaban J connectivity index is 1.59. The number of hydrogen-bond acceptors (Lipinski definition) is 3. The molecule has 2 saturated heterocycles. The van der Waals surface area contributed by atoms with Crippen molar-refractivity contribution in [3.05, 3.63) is 0 Å². The molecule has 3 aliphatic rings. The minimum absolute atomic E-state index is 0.504. The van der Waals surface area contributed by atoms with E-state index in [0.29, 0.717) is 5.54 Å². The molecule has 2 aliphatic heterocycles. The predicted octanol–water partition coefficient (Wildman–Crippen LogP) is 2.52. The first-order valence-electron chi connectivity index (χ1n) is 9.08. The van der Waals surface area contributed by atoms with E-state index in [-0.39, 0.29) is 0 Å². The summed E-state index contributed by atoms with van der Waals surface area (Å²) in [6.45, 7) is 6.36. The van der Waals surface area contributed by atoms with Crippen molar-refractivity contribution in [3.63, 3.8) is 0 Å². The van der Waals surface area contributed by atoms with Gasteiger partial charge in [0.05, 0.1) is 0 Å². The summed E-state index contributed by atoms with van der Waals surface area (Å²) >= 11 is 0. The van der Waals surface area contributed by atoms with Crippen LogP contribution in [0.1, 0.15) is 64.2 Å². The third-order valence-electron chi connectivity index (χ3n) is 5.87. The number of likely N-dealkylation sites (tertiary alicyclic amines) is 1. The van der Waals surface area contributed by atoms with Gasteiger partial charge in [0.1, 0.15) is 0 Å². The van der Waals surface area contributed by atoms with Crippen LogP contribution in [0.4, 0.5) is 0 Å². The average Bonchev–Trinajstić information content (AvgIpc) is 2.56. The quantitative estimate of drug-likeness (QED) is 0.828. The lowest BCUT2D eigenvalue weighted by atomic mass is 9.79. The van der Waals surface area contributed by atoms with Crippen LogP contribution in [0.5, 0.6) is 0 Å². The Morgan fingerprint density at radius 3 is 2.25 bits per heavy atom. The molecule has 1 aliphatic carbocycles. The van der Waals surface area contributed by atoms with E-state index in [1.54, 1.807) is 0 Å². The molecular formula is C17H33N3. The van der Waals surface area contributed by atoms with Crippen molar-refractivity contribution in [2.45, 2.75) is 75.8 Å². The molecular weight excluding hydrogens is 246 g/mol. The third-order valence-corrected chi connectivity index (χ3v) is 5.87. The van der Waals surface area contributed by atoms with Crippen molar-refractivity contribution < 1.29 is 0 Å². The number of nitrogens with one attached hydrogen (secondary N) is 2. The van der Waals surface area contributed by atoms with Crippen LogP contribution in [0, 0.1) is 0 Å². The lowest BCUT2D eigenvalue weighted by Gasteiger charge is -2.49. The van der Waals surface area contributed by atoms with Crippen LogP contribution in [0.25, 0.3) is 0 Å². The fourth-order valence-electron chi connectivity index (χ4n) is 4.54. The lowest BCUT2D eigenvalue weighted by Crippen LogP contribution is -2.59. The van der Waals surface area contributed by atoms with Gasteiger partial charge in [0.2, 0.25) is 0 Å². The second-order valence-corrected chi connectivity index (χ2v) is 7.24. The highest BCUT2D eigenvalue weighted by atomic mass is 15.2. The van der Waals surface area contributed by atoms with Gasteiger partial charge in [-0.15, -0.1) is 0 Å². The Morgan fingerprint density at radius 2 is 1.55 bits per heavy atom. The second-order valence-electron chi connectivity index (χ2n) is 7.24. The Hall–Kier alpha value is -0.120. The zero-order valence-electron chi connectivity index (χ0n) is 13.1. The molecule has 116 valence electrons. The molecule has 0 bridgehead atoms. The highest BCUT2D eigenvalue weighted by Gasteiger charge is 2.38. The summed E-state index contributed by atoms with van der Waals surface area (Å²) < 4.78 is 0. The molecule has 20 heavy (non-hydrogen) atoms. The molecule has 3 rings (SSSR count). The van der Waals surface area contributed by atoms with Gasteiger partial charge in [0.25, 0.3) is 0 Å². The van der Waals surface area contributed by atoms with Crippen LogP contribution < -0.4 is 10.6 Å². The van der Waals surface area contributed by atoms with Crippen molar-refractivity contribution in [2.75, 3.05) is 32.7 Å². The van der Waals surface area contributed by atoms with Gasteiger partial charge >= 0.3 is 0 Å². The number of nitrogens with zero attached hydrogens (tertiary/aromatic N) is 1. The smallest absolute Gasteiger partial charge is 0.0334 e. The maximum Gasteiger partial charge on any atom is 0.0334 e. The monoisotopic (exact) mass is 279 g/mol. The van der Waals surface area contributed by atoms with E-state index in [0.717, 1.165) is 6.04 Å². The molecule has 0 amide bonds. The van der Waals surface area contributed by atoms with Gasteiger partial charge in [-0.2, -0.15) is 0 Å². The summed E-state index contributed by atoms with van der Waals surface area (Å²) in [5.41, 5.74) is 0.504. The number of rotatable bonds is 4. The fraction of sp³-hybridized carbons (Fsp3) is 1.00. The molecule has 0 aromatic rings. The van der Waals surface area contributed by atoms with Crippen LogP contribution in [0.3, 0.4) is 0 Å². The summed E-state index contributed by atoms with van der Waals surface area (Å²) in [5, 5.41) is 7.42. The molecule has 3 nitrogen and oxygen atoms in total. The van der Waals surface area contributed by atoms with E-state index in [9.17, 15) is 0 Å². The van der Waals surface area contributed by atoms with Crippen molar-refractivity contribution in [2.24, 2.45) is 0 Å². The summed E-state index contributed by atoms with van der Waals surface area (Å²) in [6.07, 6.45) is 14.2. The molecule has 0 unspecified atom stereocenters. The first-order valence-corrected chi connectivity index (χ1v) is 9.08. The first kappa shape index (κ1) is 14.8. The Bertz CT molecular complexity index is 274. The summed E-state index contributed by atoms with van der Waals surface area (Å²) in [7, 11) is 0. The average molecular weight is 279 g/mol. The molecule has 0 radical (unpaired) electrons. The Kier molecular flexibility index (Phi) is 5.36. The maximum absolute atomic E-state index is 3.95. The van der Waals surface area contributed by atoms with E-state index >= 15 is 0 Å².